The van der Waals surface area contributed by atoms with Gasteiger partial charge in [0.1, 0.15) is 0 Å². The average molecular weight is 237 g/mol. The molecule has 1 aliphatic rings. The highest BCUT2D eigenvalue weighted by Crippen LogP contribution is 2.21. The molecule has 1 aliphatic heterocycles. The summed E-state index contributed by atoms with van der Waals surface area (Å²) in [5.74, 6) is 0.488. The molecule has 1 unspecified atom stereocenters. The van der Waals surface area contributed by atoms with Crippen molar-refractivity contribution in [2.24, 2.45) is 5.92 Å². The minimum Gasteiger partial charge on any atom is -0.393 e. The second-order valence-corrected chi connectivity index (χ2v) is 5.03. The number of hydrogen-bond acceptors (Lipinski definition) is 3. The van der Waals surface area contributed by atoms with E-state index in [1.807, 2.05) is 19.4 Å². The molecule has 2 rings (SSSR count). The number of aryl methyl sites for hydroxylation is 1. The Kier molecular flexibility index (Phi) is 4.18. The third-order valence-electron chi connectivity index (χ3n) is 3.84. The highest BCUT2D eigenvalue weighted by molar-refractivity contribution is 4.98. The number of hydrogen-bond donors (Lipinski definition) is 1. The molecule has 0 radical (unpaired) electrons. The van der Waals surface area contributed by atoms with E-state index >= 15 is 0 Å². The molecular formula is C13H23N3O. The fourth-order valence-corrected chi connectivity index (χ4v) is 2.59. The molecule has 1 atom stereocenters. The summed E-state index contributed by atoms with van der Waals surface area (Å²) in [5, 5.41) is 9.57. The summed E-state index contributed by atoms with van der Waals surface area (Å²) in [6.07, 6.45) is 5.93. The molecule has 17 heavy (non-hydrogen) atoms. The first-order valence-electron chi connectivity index (χ1n) is 6.60. The Hall–Kier alpha value is -0.870. The quantitative estimate of drug-likeness (QED) is 0.862. The zero-order valence-electron chi connectivity index (χ0n) is 10.8. The predicted octanol–water partition coefficient (Wildman–Crippen LogP) is 1.50. The van der Waals surface area contributed by atoms with Crippen molar-refractivity contribution in [2.45, 2.75) is 45.9 Å². The molecule has 1 N–H and O–H groups in total. The maximum atomic E-state index is 9.57. The maximum absolute atomic E-state index is 9.57. The molecule has 0 aromatic carbocycles. The Labute approximate surface area is 103 Å². The molecule has 0 spiro atoms. The highest BCUT2D eigenvalue weighted by Gasteiger charge is 2.22. The molecule has 0 amide bonds. The van der Waals surface area contributed by atoms with E-state index in [2.05, 4.69) is 21.4 Å². The molecule has 4 nitrogen and oxygen atoms in total. The van der Waals surface area contributed by atoms with E-state index in [-0.39, 0.29) is 6.10 Å². The van der Waals surface area contributed by atoms with E-state index in [4.69, 9.17) is 0 Å². The first-order chi connectivity index (χ1) is 8.20. The van der Waals surface area contributed by atoms with Crippen LogP contribution in [-0.4, -0.2) is 38.8 Å². The van der Waals surface area contributed by atoms with Crippen LogP contribution >= 0.6 is 0 Å². The maximum Gasteiger partial charge on any atom is 0.0948 e. The number of aliphatic hydroxyl groups is 1. The van der Waals surface area contributed by atoms with Gasteiger partial charge in [-0.15, -0.1) is 0 Å². The number of likely N-dealkylation sites (tertiary alicyclic amines) is 1. The van der Waals surface area contributed by atoms with Crippen LogP contribution in [0.5, 0.6) is 0 Å². The summed E-state index contributed by atoms with van der Waals surface area (Å²) in [6, 6.07) is 0. The van der Waals surface area contributed by atoms with E-state index in [1.165, 1.54) is 5.69 Å². The van der Waals surface area contributed by atoms with Gasteiger partial charge in [0.2, 0.25) is 0 Å². The third kappa shape index (κ3) is 3.07. The lowest BCUT2D eigenvalue weighted by Gasteiger charge is -2.33. The molecule has 1 fully saturated rings. The Morgan fingerprint density at radius 1 is 1.47 bits per heavy atom. The Morgan fingerprint density at radius 3 is 2.76 bits per heavy atom. The molecule has 1 saturated heterocycles. The second-order valence-electron chi connectivity index (χ2n) is 5.03. The molecule has 0 bridgehead atoms. The average Bonchev–Trinajstić information content (AvgIpc) is 2.77. The number of rotatable bonds is 4. The molecule has 2 heterocycles. The van der Waals surface area contributed by atoms with Crippen LogP contribution in [0.3, 0.4) is 0 Å². The Bertz CT molecular complexity index is 340. The van der Waals surface area contributed by atoms with Gasteiger partial charge in [-0.25, -0.2) is 4.98 Å². The van der Waals surface area contributed by atoms with Crippen LogP contribution in [0.1, 0.15) is 32.4 Å². The highest BCUT2D eigenvalue weighted by atomic mass is 16.3. The van der Waals surface area contributed by atoms with Gasteiger partial charge in [-0.05, 0) is 45.7 Å². The topological polar surface area (TPSA) is 41.3 Å². The first-order valence-corrected chi connectivity index (χ1v) is 6.60. The van der Waals surface area contributed by atoms with Crippen molar-refractivity contribution in [3.63, 3.8) is 0 Å². The molecule has 96 valence electrons. The predicted molar refractivity (Wildman–Crippen MR) is 67.6 cm³/mol. The van der Waals surface area contributed by atoms with Gasteiger partial charge >= 0.3 is 0 Å². The summed E-state index contributed by atoms with van der Waals surface area (Å²) < 4.78 is 2.20. The number of aliphatic hydroxyl groups excluding tert-OH is 1. The van der Waals surface area contributed by atoms with E-state index in [9.17, 15) is 5.11 Å². The van der Waals surface area contributed by atoms with Crippen molar-refractivity contribution < 1.29 is 5.11 Å². The number of imidazole rings is 1. The van der Waals surface area contributed by atoms with Gasteiger partial charge in [0.25, 0.3) is 0 Å². The largest absolute Gasteiger partial charge is 0.393 e. The fraction of sp³-hybridized carbons (Fsp3) is 0.769. The minimum absolute atomic E-state index is 0.154. The minimum atomic E-state index is -0.154. The van der Waals surface area contributed by atoms with Crippen LogP contribution in [0, 0.1) is 5.92 Å². The molecule has 1 aromatic heterocycles. The second kappa shape index (κ2) is 5.65. The Morgan fingerprint density at radius 2 is 2.18 bits per heavy atom. The van der Waals surface area contributed by atoms with Gasteiger partial charge in [0.05, 0.1) is 18.1 Å². The lowest BCUT2D eigenvalue weighted by molar-refractivity contribution is 0.0688. The van der Waals surface area contributed by atoms with Crippen LogP contribution in [0.25, 0.3) is 0 Å². The van der Waals surface area contributed by atoms with Crippen molar-refractivity contribution in [2.75, 3.05) is 13.1 Å². The SMILES string of the molecule is CCn1cncc1CN1CCC(C(C)O)CC1. The van der Waals surface area contributed by atoms with Gasteiger partial charge in [-0.2, -0.15) is 0 Å². The summed E-state index contributed by atoms with van der Waals surface area (Å²) >= 11 is 0. The van der Waals surface area contributed by atoms with Crippen LogP contribution in [-0.2, 0) is 13.1 Å². The molecule has 0 aliphatic carbocycles. The third-order valence-corrected chi connectivity index (χ3v) is 3.84. The van der Waals surface area contributed by atoms with Gasteiger partial charge in [-0.1, -0.05) is 0 Å². The van der Waals surface area contributed by atoms with Crippen molar-refractivity contribution in [1.82, 2.24) is 14.5 Å². The normalized spacial score (nSPS) is 20.6. The van der Waals surface area contributed by atoms with E-state index in [0.29, 0.717) is 5.92 Å². The van der Waals surface area contributed by atoms with Crippen molar-refractivity contribution in [3.05, 3.63) is 18.2 Å². The van der Waals surface area contributed by atoms with Crippen LogP contribution in [0.15, 0.2) is 12.5 Å². The molecule has 1 aromatic rings. The zero-order valence-corrected chi connectivity index (χ0v) is 10.8. The number of nitrogens with zero attached hydrogens (tertiary/aromatic N) is 3. The van der Waals surface area contributed by atoms with E-state index in [0.717, 1.165) is 39.0 Å². The smallest absolute Gasteiger partial charge is 0.0948 e. The summed E-state index contributed by atoms with van der Waals surface area (Å²) in [7, 11) is 0. The summed E-state index contributed by atoms with van der Waals surface area (Å²) in [6.45, 7) is 8.20. The van der Waals surface area contributed by atoms with E-state index in [1.54, 1.807) is 0 Å². The lowest BCUT2D eigenvalue weighted by Crippen LogP contribution is -2.36. The molecule has 4 heteroatoms. The molecule has 0 saturated carbocycles. The van der Waals surface area contributed by atoms with Crippen LogP contribution in [0.2, 0.25) is 0 Å². The van der Waals surface area contributed by atoms with Crippen molar-refractivity contribution in [1.29, 1.82) is 0 Å². The van der Waals surface area contributed by atoms with Crippen LogP contribution in [0.4, 0.5) is 0 Å². The summed E-state index contributed by atoms with van der Waals surface area (Å²) in [5.41, 5.74) is 1.29. The van der Waals surface area contributed by atoms with Crippen LogP contribution < -0.4 is 0 Å². The van der Waals surface area contributed by atoms with Gasteiger partial charge in [-0.3, -0.25) is 4.90 Å². The summed E-state index contributed by atoms with van der Waals surface area (Å²) in [4.78, 5) is 6.66. The van der Waals surface area contributed by atoms with Gasteiger partial charge in [0.15, 0.2) is 0 Å². The Balaban J connectivity index is 1.86. The number of aromatic nitrogens is 2. The van der Waals surface area contributed by atoms with Crippen molar-refractivity contribution >= 4 is 0 Å². The number of piperidine rings is 1. The fourth-order valence-electron chi connectivity index (χ4n) is 2.59. The lowest BCUT2D eigenvalue weighted by atomic mass is 9.92. The molecular weight excluding hydrogens is 214 g/mol. The first kappa shape index (κ1) is 12.6. The van der Waals surface area contributed by atoms with E-state index < -0.39 is 0 Å². The van der Waals surface area contributed by atoms with Gasteiger partial charge in [0, 0.05) is 19.3 Å². The monoisotopic (exact) mass is 237 g/mol. The van der Waals surface area contributed by atoms with Crippen molar-refractivity contribution in [3.8, 4) is 0 Å². The zero-order chi connectivity index (χ0) is 12.3. The standard InChI is InChI=1S/C13H23N3O/c1-3-16-10-14-8-13(16)9-15-6-4-12(5-7-15)11(2)17/h8,10-12,17H,3-7,9H2,1-2H3. The van der Waals surface area contributed by atoms with Gasteiger partial charge < -0.3 is 9.67 Å².